The molecule has 2 aromatic rings. The summed E-state index contributed by atoms with van der Waals surface area (Å²) in [6.45, 7) is 0.446. The minimum Gasteiger partial charge on any atom is -0.406 e. The third kappa shape index (κ3) is 3.39. The maximum Gasteiger partial charge on any atom is 0.573 e. The third-order valence-corrected chi connectivity index (χ3v) is 5.15. The van der Waals surface area contributed by atoms with E-state index in [4.69, 9.17) is 5.73 Å². The summed E-state index contributed by atoms with van der Waals surface area (Å²) in [7, 11) is 0. The number of pyridine rings is 1. The minimum atomic E-state index is -4.82. The number of nitrogens with zero attached hydrogens (tertiary/aromatic N) is 3. The molecular weight excluding hydrogens is 389 g/mol. The summed E-state index contributed by atoms with van der Waals surface area (Å²) in [6.07, 6.45) is -0.540. The number of carbonyl (C=O) groups is 2. The highest BCUT2D eigenvalue weighted by molar-refractivity contribution is 6.24. The van der Waals surface area contributed by atoms with Crippen molar-refractivity contribution >= 4 is 17.6 Å². The average molecular weight is 406 g/mol. The highest BCUT2D eigenvalue weighted by atomic mass is 19.4. The van der Waals surface area contributed by atoms with E-state index < -0.39 is 23.7 Å². The molecule has 1 aliphatic carbocycles. The predicted molar refractivity (Wildman–Crippen MR) is 95.6 cm³/mol. The van der Waals surface area contributed by atoms with Gasteiger partial charge in [0.1, 0.15) is 11.3 Å². The van der Waals surface area contributed by atoms with Gasteiger partial charge in [-0.05, 0) is 54.3 Å². The Labute approximate surface area is 163 Å². The number of imide groups is 1. The van der Waals surface area contributed by atoms with Crippen LogP contribution >= 0.6 is 0 Å². The van der Waals surface area contributed by atoms with Gasteiger partial charge in [0, 0.05) is 25.5 Å². The van der Waals surface area contributed by atoms with Crippen molar-refractivity contribution in [2.45, 2.75) is 37.8 Å². The SMILES string of the molecule is NCc1cnccc1CN1C(=O)N(c2ccc(OC(F)(F)F)cc2)C(=O)C12CC2. The highest BCUT2D eigenvalue weighted by Crippen LogP contribution is 2.49. The Morgan fingerprint density at radius 2 is 1.79 bits per heavy atom. The van der Waals surface area contributed by atoms with E-state index in [9.17, 15) is 22.8 Å². The Morgan fingerprint density at radius 1 is 1.10 bits per heavy atom. The van der Waals surface area contributed by atoms with E-state index in [1.807, 2.05) is 0 Å². The molecule has 7 nitrogen and oxygen atoms in total. The largest absolute Gasteiger partial charge is 0.573 e. The third-order valence-electron chi connectivity index (χ3n) is 5.15. The van der Waals surface area contributed by atoms with Gasteiger partial charge in [0.15, 0.2) is 0 Å². The number of halogens is 3. The summed E-state index contributed by atoms with van der Waals surface area (Å²) in [5.74, 6) is -0.807. The van der Waals surface area contributed by atoms with Gasteiger partial charge < -0.3 is 15.4 Å². The summed E-state index contributed by atoms with van der Waals surface area (Å²) >= 11 is 0. The molecule has 10 heteroatoms. The molecule has 3 amide bonds. The lowest BCUT2D eigenvalue weighted by molar-refractivity contribution is -0.274. The number of rotatable bonds is 5. The van der Waals surface area contributed by atoms with Crippen LogP contribution in [0.25, 0.3) is 0 Å². The number of aromatic nitrogens is 1. The molecule has 4 rings (SSSR count). The van der Waals surface area contributed by atoms with Gasteiger partial charge in [-0.2, -0.15) is 0 Å². The van der Waals surface area contributed by atoms with Gasteiger partial charge in [-0.3, -0.25) is 9.78 Å². The number of amides is 3. The van der Waals surface area contributed by atoms with Crippen LogP contribution in [0.2, 0.25) is 0 Å². The monoisotopic (exact) mass is 406 g/mol. The van der Waals surface area contributed by atoms with Crippen molar-refractivity contribution in [1.82, 2.24) is 9.88 Å². The molecule has 0 unspecified atom stereocenters. The van der Waals surface area contributed by atoms with E-state index in [0.29, 0.717) is 12.8 Å². The molecule has 0 atom stereocenters. The zero-order chi connectivity index (χ0) is 20.8. The molecular formula is C19H17F3N4O3. The number of urea groups is 1. The van der Waals surface area contributed by atoms with Crippen LogP contribution in [0.1, 0.15) is 24.0 Å². The van der Waals surface area contributed by atoms with Crippen molar-refractivity contribution in [2.24, 2.45) is 5.73 Å². The topological polar surface area (TPSA) is 88.8 Å². The molecule has 0 radical (unpaired) electrons. The molecule has 1 spiro atoms. The number of ether oxygens (including phenoxy) is 1. The van der Waals surface area contributed by atoms with Gasteiger partial charge in [-0.25, -0.2) is 9.69 Å². The van der Waals surface area contributed by atoms with Crippen molar-refractivity contribution in [3.63, 3.8) is 0 Å². The second kappa shape index (κ2) is 6.73. The maximum atomic E-state index is 13.1. The molecule has 152 valence electrons. The maximum absolute atomic E-state index is 13.1. The molecule has 2 aliphatic rings. The number of hydrogen-bond donors (Lipinski definition) is 1. The van der Waals surface area contributed by atoms with Crippen LogP contribution in [0.15, 0.2) is 42.7 Å². The molecule has 1 saturated heterocycles. The van der Waals surface area contributed by atoms with Crippen LogP contribution in [0.4, 0.5) is 23.7 Å². The van der Waals surface area contributed by atoms with Crippen LogP contribution in [-0.4, -0.2) is 33.7 Å². The minimum absolute atomic E-state index is 0.192. The van der Waals surface area contributed by atoms with Gasteiger partial charge in [-0.1, -0.05) is 0 Å². The zero-order valence-electron chi connectivity index (χ0n) is 15.1. The van der Waals surface area contributed by atoms with Crippen LogP contribution < -0.4 is 15.4 Å². The van der Waals surface area contributed by atoms with Gasteiger partial charge in [-0.15, -0.1) is 13.2 Å². The summed E-state index contributed by atoms with van der Waals surface area (Å²) < 4.78 is 40.8. The van der Waals surface area contributed by atoms with E-state index in [-0.39, 0.29) is 24.7 Å². The molecule has 1 aromatic heterocycles. The predicted octanol–water partition coefficient (Wildman–Crippen LogP) is 2.94. The van der Waals surface area contributed by atoms with Crippen molar-refractivity contribution in [1.29, 1.82) is 0 Å². The first-order valence-corrected chi connectivity index (χ1v) is 8.89. The molecule has 2 heterocycles. The van der Waals surface area contributed by atoms with E-state index in [0.717, 1.165) is 28.2 Å². The van der Waals surface area contributed by atoms with Crippen molar-refractivity contribution in [3.8, 4) is 5.75 Å². The number of carbonyl (C=O) groups excluding carboxylic acids is 2. The summed E-state index contributed by atoms with van der Waals surface area (Å²) in [5, 5.41) is 0. The second-order valence-electron chi connectivity index (χ2n) is 6.93. The molecule has 1 aliphatic heterocycles. The van der Waals surface area contributed by atoms with E-state index in [2.05, 4.69) is 9.72 Å². The molecule has 29 heavy (non-hydrogen) atoms. The van der Waals surface area contributed by atoms with Crippen LogP contribution in [0, 0.1) is 0 Å². The van der Waals surface area contributed by atoms with Gasteiger partial charge >= 0.3 is 12.4 Å². The van der Waals surface area contributed by atoms with Crippen LogP contribution in [0.3, 0.4) is 0 Å². The molecule has 2 N–H and O–H groups in total. The van der Waals surface area contributed by atoms with E-state index in [1.54, 1.807) is 18.5 Å². The Hall–Kier alpha value is -3.14. The quantitative estimate of drug-likeness (QED) is 0.772. The Kier molecular flexibility index (Phi) is 4.45. The number of hydrogen-bond acceptors (Lipinski definition) is 5. The molecule has 0 bridgehead atoms. The van der Waals surface area contributed by atoms with Crippen molar-refractivity contribution < 1.29 is 27.5 Å². The lowest BCUT2D eigenvalue weighted by Crippen LogP contribution is -2.36. The highest BCUT2D eigenvalue weighted by Gasteiger charge is 2.65. The summed E-state index contributed by atoms with van der Waals surface area (Å²) in [6, 6.07) is 5.89. The first kappa shape index (κ1) is 19.2. The fourth-order valence-corrected chi connectivity index (χ4v) is 3.52. The normalized spacial score (nSPS) is 17.9. The van der Waals surface area contributed by atoms with Gasteiger partial charge in [0.05, 0.1) is 5.69 Å². The Morgan fingerprint density at radius 3 is 2.38 bits per heavy atom. The number of anilines is 1. The number of benzene rings is 1. The van der Waals surface area contributed by atoms with Gasteiger partial charge in [0.2, 0.25) is 0 Å². The molecule has 1 saturated carbocycles. The van der Waals surface area contributed by atoms with Crippen molar-refractivity contribution in [3.05, 3.63) is 53.9 Å². The number of nitrogens with two attached hydrogens (primary N) is 1. The Balaban J connectivity index is 1.60. The van der Waals surface area contributed by atoms with E-state index in [1.165, 1.54) is 17.0 Å². The molecule has 1 aromatic carbocycles. The first-order chi connectivity index (χ1) is 13.7. The lowest BCUT2D eigenvalue weighted by atomic mass is 10.1. The fourth-order valence-electron chi connectivity index (χ4n) is 3.52. The summed E-state index contributed by atoms with van der Waals surface area (Å²) in [5.41, 5.74) is 6.59. The number of alkyl halides is 3. The lowest BCUT2D eigenvalue weighted by Gasteiger charge is -2.22. The second-order valence-corrected chi connectivity index (χ2v) is 6.93. The van der Waals surface area contributed by atoms with Crippen molar-refractivity contribution in [2.75, 3.05) is 4.90 Å². The fraction of sp³-hybridized carbons (Fsp3) is 0.316. The standard InChI is InChI=1S/C19H17F3N4O3/c20-19(21,22)29-15-3-1-14(2-4-15)26-16(27)18(6-7-18)25(17(26)28)11-12-5-8-24-10-13(12)9-23/h1-5,8,10H,6-7,9,11,23H2. The zero-order valence-corrected chi connectivity index (χ0v) is 15.1. The Bertz CT molecular complexity index is 958. The first-order valence-electron chi connectivity index (χ1n) is 8.89. The smallest absolute Gasteiger partial charge is 0.406 e. The van der Waals surface area contributed by atoms with Crippen LogP contribution in [-0.2, 0) is 17.9 Å². The van der Waals surface area contributed by atoms with Crippen LogP contribution in [0.5, 0.6) is 5.75 Å². The van der Waals surface area contributed by atoms with Gasteiger partial charge in [0.25, 0.3) is 5.91 Å². The summed E-state index contributed by atoms with van der Waals surface area (Å²) in [4.78, 5) is 32.6. The molecule has 2 fully saturated rings. The average Bonchev–Trinajstić information content (AvgIpc) is 3.45. The van der Waals surface area contributed by atoms with E-state index >= 15 is 0 Å².